The van der Waals surface area contributed by atoms with E-state index in [1.165, 1.54) is 19.1 Å². The monoisotopic (exact) mass is 192 g/mol. The summed E-state index contributed by atoms with van der Waals surface area (Å²) in [6.45, 7) is 1.20. The van der Waals surface area contributed by atoms with Crippen molar-refractivity contribution in [2.24, 2.45) is 0 Å². The molecule has 0 bridgehead atoms. The molecule has 72 valence electrons. The van der Waals surface area contributed by atoms with Crippen LogP contribution in [0.15, 0.2) is 12.1 Å². The molecule has 0 unspecified atom stereocenters. The first-order valence-corrected chi connectivity index (χ1v) is 3.89. The summed E-state index contributed by atoms with van der Waals surface area (Å²) in [6.07, 6.45) is 0. The van der Waals surface area contributed by atoms with Crippen molar-refractivity contribution in [3.05, 3.63) is 38.9 Å². The average Bonchev–Trinajstić information content (AvgIpc) is 2.17. The number of nitriles is 1. The van der Waals surface area contributed by atoms with E-state index in [1.807, 2.05) is 6.07 Å². The summed E-state index contributed by atoms with van der Waals surface area (Å²) < 4.78 is 0. The van der Waals surface area contributed by atoms with Gasteiger partial charge in [0.05, 0.1) is 23.2 Å². The summed E-state index contributed by atoms with van der Waals surface area (Å²) in [5.41, 5.74) is 0.796. The van der Waals surface area contributed by atoms with Crippen LogP contribution < -0.4 is 0 Å². The van der Waals surface area contributed by atoms with Crippen LogP contribution in [0.3, 0.4) is 0 Å². The molecular formula is C9H8N2O3. The lowest BCUT2D eigenvalue weighted by Gasteiger charge is -2.02. The van der Waals surface area contributed by atoms with Gasteiger partial charge in [0, 0.05) is 11.6 Å². The van der Waals surface area contributed by atoms with E-state index in [-0.39, 0.29) is 17.9 Å². The molecule has 1 rings (SSSR count). The zero-order valence-corrected chi connectivity index (χ0v) is 7.52. The maximum Gasteiger partial charge on any atom is 0.273 e. The van der Waals surface area contributed by atoms with Crippen LogP contribution in [0.4, 0.5) is 5.69 Å². The molecule has 0 amide bonds. The summed E-state index contributed by atoms with van der Waals surface area (Å²) in [5, 5.41) is 28.1. The first-order valence-electron chi connectivity index (χ1n) is 3.89. The molecule has 14 heavy (non-hydrogen) atoms. The topological polar surface area (TPSA) is 87.2 Å². The van der Waals surface area contributed by atoms with E-state index in [0.29, 0.717) is 11.1 Å². The Morgan fingerprint density at radius 2 is 2.29 bits per heavy atom. The molecule has 1 aromatic carbocycles. The lowest BCUT2D eigenvalue weighted by atomic mass is 10.0. The van der Waals surface area contributed by atoms with Gasteiger partial charge < -0.3 is 5.11 Å². The van der Waals surface area contributed by atoms with Gasteiger partial charge in [0.25, 0.3) is 5.69 Å². The van der Waals surface area contributed by atoms with Crippen molar-refractivity contribution in [2.75, 3.05) is 0 Å². The van der Waals surface area contributed by atoms with Gasteiger partial charge in [-0.15, -0.1) is 0 Å². The number of benzene rings is 1. The molecule has 0 atom stereocenters. The summed E-state index contributed by atoms with van der Waals surface area (Å²) in [5.74, 6) is 0. The molecule has 0 aliphatic heterocycles. The van der Waals surface area contributed by atoms with Gasteiger partial charge in [0.15, 0.2) is 0 Å². The molecule has 0 saturated carbocycles. The molecule has 0 fully saturated rings. The Hall–Kier alpha value is -1.93. The Morgan fingerprint density at radius 1 is 1.64 bits per heavy atom. The van der Waals surface area contributed by atoms with Crippen LogP contribution in [0.2, 0.25) is 0 Å². The van der Waals surface area contributed by atoms with Crippen molar-refractivity contribution in [1.29, 1.82) is 5.26 Å². The number of aliphatic hydroxyl groups excluding tert-OH is 1. The van der Waals surface area contributed by atoms with Crippen LogP contribution in [0.25, 0.3) is 0 Å². The zero-order valence-electron chi connectivity index (χ0n) is 7.52. The summed E-state index contributed by atoms with van der Waals surface area (Å²) in [6, 6.07) is 4.57. The molecule has 5 heteroatoms. The number of nitro groups is 1. The highest BCUT2D eigenvalue weighted by Gasteiger charge is 2.15. The molecule has 0 spiro atoms. The van der Waals surface area contributed by atoms with Gasteiger partial charge in [-0.25, -0.2) is 0 Å². The van der Waals surface area contributed by atoms with Crippen LogP contribution >= 0.6 is 0 Å². The number of aliphatic hydroxyl groups is 1. The van der Waals surface area contributed by atoms with Gasteiger partial charge in [-0.05, 0) is 18.6 Å². The summed E-state index contributed by atoms with van der Waals surface area (Å²) in [4.78, 5) is 10.0. The van der Waals surface area contributed by atoms with E-state index in [0.717, 1.165) is 0 Å². The van der Waals surface area contributed by atoms with E-state index in [2.05, 4.69) is 0 Å². The van der Waals surface area contributed by atoms with Gasteiger partial charge in [-0.1, -0.05) is 0 Å². The number of hydrogen-bond acceptors (Lipinski definition) is 4. The van der Waals surface area contributed by atoms with E-state index in [9.17, 15) is 10.1 Å². The molecule has 0 aliphatic rings. The molecule has 0 radical (unpaired) electrons. The van der Waals surface area contributed by atoms with Crippen molar-refractivity contribution < 1.29 is 10.0 Å². The Morgan fingerprint density at radius 3 is 2.71 bits per heavy atom. The second kappa shape index (κ2) is 3.85. The molecule has 0 aromatic heterocycles. The smallest absolute Gasteiger partial charge is 0.273 e. The standard InChI is InChI=1S/C9H8N2O3/c1-6-8(4-10)2-7(5-12)3-9(6)11(13)14/h2-3,12H,5H2,1H3. The second-order valence-electron chi connectivity index (χ2n) is 2.81. The van der Waals surface area contributed by atoms with E-state index < -0.39 is 4.92 Å². The van der Waals surface area contributed by atoms with Crippen LogP contribution in [0.1, 0.15) is 16.7 Å². The fourth-order valence-electron chi connectivity index (χ4n) is 1.15. The minimum Gasteiger partial charge on any atom is -0.392 e. The maximum atomic E-state index is 10.6. The van der Waals surface area contributed by atoms with Crippen molar-refractivity contribution in [1.82, 2.24) is 0 Å². The van der Waals surface area contributed by atoms with Crippen LogP contribution in [-0.2, 0) is 6.61 Å². The quantitative estimate of drug-likeness (QED) is 0.564. The third-order valence-electron chi connectivity index (χ3n) is 1.94. The molecular weight excluding hydrogens is 184 g/mol. The number of nitrogens with zero attached hydrogens (tertiary/aromatic N) is 2. The zero-order chi connectivity index (χ0) is 10.7. The van der Waals surface area contributed by atoms with Gasteiger partial charge in [-0.2, -0.15) is 5.26 Å². The predicted molar refractivity (Wildman–Crippen MR) is 48.5 cm³/mol. The van der Waals surface area contributed by atoms with Crippen molar-refractivity contribution in [3.63, 3.8) is 0 Å². The van der Waals surface area contributed by atoms with Crippen LogP contribution in [0, 0.1) is 28.4 Å². The van der Waals surface area contributed by atoms with Gasteiger partial charge >= 0.3 is 0 Å². The molecule has 5 nitrogen and oxygen atoms in total. The first kappa shape index (κ1) is 10.2. The molecule has 0 aliphatic carbocycles. The fourth-order valence-corrected chi connectivity index (χ4v) is 1.15. The van der Waals surface area contributed by atoms with Crippen molar-refractivity contribution >= 4 is 5.69 Å². The molecule has 1 aromatic rings. The summed E-state index contributed by atoms with van der Waals surface area (Å²) >= 11 is 0. The highest BCUT2D eigenvalue weighted by molar-refractivity contribution is 5.52. The van der Waals surface area contributed by atoms with Gasteiger partial charge in [0.2, 0.25) is 0 Å². The van der Waals surface area contributed by atoms with E-state index >= 15 is 0 Å². The van der Waals surface area contributed by atoms with E-state index in [1.54, 1.807) is 0 Å². The highest BCUT2D eigenvalue weighted by atomic mass is 16.6. The fraction of sp³-hybridized carbons (Fsp3) is 0.222. The lowest BCUT2D eigenvalue weighted by molar-refractivity contribution is -0.385. The predicted octanol–water partition coefficient (Wildman–Crippen LogP) is 1.27. The average molecular weight is 192 g/mol. The Balaban J connectivity index is 3.44. The number of hydrogen-bond donors (Lipinski definition) is 1. The molecule has 0 saturated heterocycles. The Labute approximate surface area is 80.4 Å². The lowest BCUT2D eigenvalue weighted by Crippen LogP contribution is -1.97. The largest absolute Gasteiger partial charge is 0.392 e. The number of rotatable bonds is 2. The maximum absolute atomic E-state index is 10.6. The minimum atomic E-state index is -0.560. The van der Waals surface area contributed by atoms with Gasteiger partial charge in [0.1, 0.15) is 0 Å². The summed E-state index contributed by atoms with van der Waals surface area (Å²) in [7, 11) is 0. The van der Waals surface area contributed by atoms with Crippen molar-refractivity contribution in [2.45, 2.75) is 13.5 Å². The highest BCUT2D eigenvalue weighted by Crippen LogP contribution is 2.23. The normalized spacial score (nSPS) is 9.50. The van der Waals surface area contributed by atoms with Crippen molar-refractivity contribution in [3.8, 4) is 6.07 Å². The van der Waals surface area contributed by atoms with Crippen LogP contribution in [-0.4, -0.2) is 10.0 Å². The molecule has 1 N–H and O–H groups in total. The van der Waals surface area contributed by atoms with Crippen LogP contribution in [0.5, 0.6) is 0 Å². The second-order valence-corrected chi connectivity index (χ2v) is 2.81. The first-order chi connectivity index (χ1) is 6.60. The minimum absolute atomic E-state index is 0.131. The SMILES string of the molecule is Cc1c(C#N)cc(CO)cc1[N+](=O)[O-]. The number of nitro benzene ring substituents is 1. The Kier molecular flexibility index (Phi) is 2.79. The van der Waals surface area contributed by atoms with Gasteiger partial charge in [-0.3, -0.25) is 10.1 Å². The third kappa shape index (κ3) is 1.70. The Bertz CT molecular complexity index is 421. The third-order valence-corrected chi connectivity index (χ3v) is 1.94. The molecule has 0 heterocycles. The van der Waals surface area contributed by atoms with E-state index in [4.69, 9.17) is 10.4 Å².